The topological polar surface area (TPSA) is 112 Å². The molecular formula is C31H46N2O5. The summed E-state index contributed by atoms with van der Waals surface area (Å²) in [5.74, 6) is -1.30. The third-order valence-corrected chi connectivity index (χ3v) is 8.33. The minimum absolute atomic E-state index is 0.00248. The summed E-state index contributed by atoms with van der Waals surface area (Å²) in [5, 5.41) is 25.4. The highest BCUT2D eigenvalue weighted by atomic mass is 16.6. The Morgan fingerprint density at radius 3 is 2.61 bits per heavy atom. The first-order valence-electron chi connectivity index (χ1n) is 13.9. The standard InChI is InChI=1S/C31H46N2O5/c1-20(2)12-15-24-28(36)21(3)10-9-16-31(6)26(38-31)18-23(14-13-22-11-7-8-17-32-22)33-27(35)19-25(34)30(4,5)29(24)37/h7-8,11-14,17,21,23-26,28,34,36H,9-10,15-16,18-19H2,1-6H3,(H,33,35)/t21-,23+,24+,25-,26?,28+,31?/m0/s1. The second-order valence-electron chi connectivity index (χ2n) is 12.2. The molecule has 3 N–H and O–H groups in total. The molecule has 2 unspecified atom stereocenters. The van der Waals surface area contributed by atoms with Gasteiger partial charge in [0.1, 0.15) is 5.78 Å². The maximum absolute atomic E-state index is 13.8. The summed E-state index contributed by atoms with van der Waals surface area (Å²) in [5.41, 5.74) is 0.377. The third kappa shape index (κ3) is 7.84. The molecule has 7 atom stereocenters. The number of hydrogen-bond donors (Lipinski definition) is 3. The molecule has 3 rings (SSSR count). The number of Topliss-reactive ketones (excluding diaryl/α,β-unsaturated/α-hetero) is 1. The number of ketones is 1. The lowest BCUT2D eigenvalue weighted by atomic mass is 9.71. The van der Waals surface area contributed by atoms with Crippen molar-refractivity contribution in [2.24, 2.45) is 17.3 Å². The molecule has 0 aliphatic carbocycles. The number of nitrogens with zero attached hydrogens (tertiary/aromatic N) is 1. The number of fused-ring (bicyclic) bond motifs is 1. The van der Waals surface area contributed by atoms with Crippen molar-refractivity contribution < 1.29 is 24.5 Å². The molecule has 7 heteroatoms. The summed E-state index contributed by atoms with van der Waals surface area (Å²) in [6, 6.07) is 5.35. The second kappa shape index (κ2) is 12.7. The maximum atomic E-state index is 13.8. The van der Waals surface area contributed by atoms with Gasteiger partial charge in [-0.1, -0.05) is 51.0 Å². The molecule has 1 aromatic rings. The van der Waals surface area contributed by atoms with Gasteiger partial charge in [-0.05, 0) is 64.2 Å². The van der Waals surface area contributed by atoms with Crippen LogP contribution < -0.4 is 5.32 Å². The van der Waals surface area contributed by atoms with Gasteiger partial charge in [0.25, 0.3) is 0 Å². The van der Waals surface area contributed by atoms with E-state index in [9.17, 15) is 19.8 Å². The van der Waals surface area contributed by atoms with Crippen LogP contribution >= 0.6 is 0 Å². The van der Waals surface area contributed by atoms with Crippen molar-refractivity contribution in [3.8, 4) is 0 Å². The first-order valence-corrected chi connectivity index (χ1v) is 13.9. The Hall–Kier alpha value is -2.35. The van der Waals surface area contributed by atoms with Gasteiger partial charge in [0.15, 0.2) is 0 Å². The molecule has 2 aliphatic heterocycles. The van der Waals surface area contributed by atoms with Gasteiger partial charge < -0.3 is 20.3 Å². The van der Waals surface area contributed by atoms with Crippen LogP contribution in [0, 0.1) is 17.3 Å². The number of pyridine rings is 1. The fraction of sp³-hybridized carbons (Fsp3) is 0.645. The summed E-state index contributed by atoms with van der Waals surface area (Å²) in [6.07, 6.45) is 8.73. The summed E-state index contributed by atoms with van der Waals surface area (Å²) in [7, 11) is 0. The van der Waals surface area contributed by atoms with E-state index in [-0.39, 0.29) is 41.8 Å². The predicted molar refractivity (Wildman–Crippen MR) is 149 cm³/mol. The largest absolute Gasteiger partial charge is 0.392 e. The molecule has 2 saturated heterocycles. The highest BCUT2D eigenvalue weighted by molar-refractivity contribution is 5.88. The van der Waals surface area contributed by atoms with E-state index in [1.54, 1.807) is 20.0 Å². The molecule has 2 fully saturated rings. The van der Waals surface area contributed by atoms with Crippen LogP contribution in [0.3, 0.4) is 0 Å². The number of nitrogens with one attached hydrogen (secondary N) is 1. The smallest absolute Gasteiger partial charge is 0.223 e. The molecule has 7 nitrogen and oxygen atoms in total. The fourth-order valence-electron chi connectivity index (χ4n) is 5.36. The molecule has 0 aromatic carbocycles. The van der Waals surface area contributed by atoms with Crippen LogP contribution in [0.4, 0.5) is 0 Å². The second-order valence-corrected chi connectivity index (χ2v) is 12.2. The average Bonchev–Trinajstić information content (AvgIpc) is 3.50. The summed E-state index contributed by atoms with van der Waals surface area (Å²) >= 11 is 0. The van der Waals surface area contributed by atoms with Gasteiger partial charge in [0, 0.05) is 18.5 Å². The number of carbonyl (C=O) groups excluding carboxylic acids is 2. The Kier molecular flexibility index (Phi) is 10.1. The highest BCUT2D eigenvalue weighted by Gasteiger charge is 2.52. The zero-order chi connectivity index (χ0) is 28.1. The number of aromatic nitrogens is 1. The minimum atomic E-state index is -1.20. The number of amides is 1. The van der Waals surface area contributed by atoms with Crippen molar-refractivity contribution in [3.05, 3.63) is 47.8 Å². The van der Waals surface area contributed by atoms with Gasteiger partial charge in [0.05, 0.1) is 47.5 Å². The Balaban J connectivity index is 1.86. The fourth-order valence-corrected chi connectivity index (χ4v) is 5.36. The number of allylic oxidation sites excluding steroid dienone is 2. The van der Waals surface area contributed by atoms with Crippen LogP contribution in [-0.2, 0) is 14.3 Å². The lowest BCUT2D eigenvalue weighted by Gasteiger charge is -2.36. The van der Waals surface area contributed by atoms with Crippen molar-refractivity contribution >= 4 is 17.8 Å². The van der Waals surface area contributed by atoms with Crippen LogP contribution in [0.1, 0.15) is 85.8 Å². The number of aliphatic hydroxyl groups excluding tert-OH is 2. The van der Waals surface area contributed by atoms with Gasteiger partial charge in [-0.25, -0.2) is 0 Å². The molecule has 0 bridgehead atoms. The van der Waals surface area contributed by atoms with Crippen molar-refractivity contribution in [2.75, 3.05) is 0 Å². The van der Waals surface area contributed by atoms with Crippen LogP contribution in [0.25, 0.3) is 6.08 Å². The first kappa shape index (κ1) is 30.2. The summed E-state index contributed by atoms with van der Waals surface area (Å²) in [6.45, 7) is 11.4. The normalized spacial score (nSPS) is 34.8. The lowest BCUT2D eigenvalue weighted by Crippen LogP contribution is -2.48. The van der Waals surface area contributed by atoms with E-state index in [1.807, 2.05) is 57.2 Å². The number of carbonyl (C=O) groups is 2. The van der Waals surface area contributed by atoms with Crippen molar-refractivity contribution in [1.29, 1.82) is 0 Å². The molecule has 1 aromatic heterocycles. The molecule has 0 radical (unpaired) electrons. The van der Waals surface area contributed by atoms with E-state index in [1.165, 1.54) is 0 Å². The Morgan fingerprint density at radius 1 is 1.21 bits per heavy atom. The lowest BCUT2D eigenvalue weighted by molar-refractivity contribution is -0.143. The molecule has 210 valence electrons. The van der Waals surface area contributed by atoms with Gasteiger partial charge in [0.2, 0.25) is 5.91 Å². The minimum Gasteiger partial charge on any atom is -0.392 e. The molecule has 38 heavy (non-hydrogen) atoms. The number of rotatable bonds is 4. The summed E-state index contributed by atoms with van der Waals surface area (Å²) in [4.78, 5) is 31.2. The van der Waals surface area contributed by atoms with Crippen LogP contribution in [0.5, 0.6) is 0 Å². The van der Waals surface area contributed by atoms with Gasteiger partial charge in [-0.3, -0.25) is 14.6 Å². The Labute approximate surface area is 227 Å². The monoisotopic (exact) mass is 526 g/mol. The summed E-state index contributed by atoms with van der Waals surface area (Å²) < 4.78 is 6.09. The quantitative estimate of drug-likeness (QED) is 0.390. The number of epoxide rings is 1. The van der Waals surface area contributed by atoms with E-state index in [2.05, 4.69) is 17.2 Å². The molecule has 0 spiro atoms. The Morgan fingerprint density at radius 2 is 1.95 bits per heavy atom. The van der Waals surface area contributed by atoms with E-state index in [0.29, 0.717) is 12.8 Å². The number of hydrogen-bond acceptors (Lipinski definition) is 6. The third-order valence-electron chi connectivity index (χ3n) is 8.33. The zero-order valence-electron chi connectivity index (χ0n) is 23.8. The Bertz CT molecular complexity index is 1020. The zero-order valence-corrected chi connectivity index (χ0v) is 23.8. The van der Waals surface area contributed by atoms with Crippen LogP contribution in [0.15, 0.2) is 42.1 Å². The first-order chi connectivity index (χ1) is 17.8. The van der Waals surface area contributed by atoms with Gasteiger partial charge in [-0.2, -0.15) is 0 Å². The van der Waals surface area contributed by atoms with E-state index < -0.39 is 23.5 Å². The molecule has 2 aliphatic rings. The van der Waals surface area contributed by atoms with Crippen molar-refractivity contribution in [2.45, 2.75) is 110 Å². The molecule has 1 amide bonds. The molecule has 0 saturated carbocycles. The van der Waals surface area contributed by atoms with E-state index >= 15 is 0 Å². The van der Waals surface area contributed by atoms with Crippen LogP contribution in [-0.4, -0.2) is 56.8 Å². The molecular weight excluding hydrogens is 480 g/mol. The van der Waals surface area contributed by atoms with Crippen molar-refractivity contribution in [1.82, 2.24) is 10.3 Å². The van der Waals surface area contributed by atoms with Gasteiger partial charge >= 0.3 is 0 Å². The van der Waals surface area contributed by atoms with Crippen LogP contribution in [0.2, 0.25) is 0 Å². The van der Waals surface area contributed by atoms with E-state index in [4.69, 9.17) is 4.74 Å². The van der Waals surface area contributed by atoms with E-state index in [0.717, 1.165) is 30.5 Å². The molecule has 3 heterocycles. The predicted octanol–water partition coefficient (Wildman–Crippen LogP) is 4.63. The maximum Gasteiger partial charge on any atom is 0.223 e. The SMILES string of the molecule is CC(C)=CC[C@H]1C(=O)C(C)(C)[C@@H](O)CC(=O)N[C@H](C=Cc2ccccn2)CC2OC2(C)CCC[C@H](C)[C@H]1O. The highest BCUT2D eigenvalue weighted by Crippen LogP contribution is 2.44. The number of ether oxygens (including phenoxy) is 1. The van der Waals surface area contributed by atoms with Gasteiger partial charge in [-0.15, -0.1) is 0 Å². The van der Waals surface area contributed by atoms with Crippen molar-refractivity contribution in [3.63, 3.8) is 0 Å². The average molecular weight is 527 g/mol. The number of aliphatic hydroxyl groups is 2.